The van der Waals surface area contributed by atoms with E-state index < -0.39 is 28.5 Å². The summed E-state index contributed by atoms with van der Waals surface area (Å²) in [6, 6.07) is 10.8. The molecule has 0 saturated carbocycles. The predicted octanol–water partition coefficient (Wildman–Crippen LogP) is 5.38. The molecule has 1 aliphatic rings. The van der Waals surface area contributed by atoms with E-state index >= 15 is 0 Å². The van der Waals surface area contributed by atoms with E-state index in [9.17, 15) is 19.5 Å². The van der Waals surface area contributed by atoms with Gasteiger partial charge in [0.2, 0.25) is 5.43 Å². The fraction of sp³-hybridized carbons (Fsp3) is 0.138. The van der Waals surface area contributed by atoms with Crippen LogP contribution in [0.3, 0.4) is 0 Å². The molecule has 3 aromatic carbocycles. The fourth-order valence-corrected chi connectivity index (χ4v) is 5.13. The molecule has 5 aromatic rings. The third-order valence-corrected chi connectivity index (χ3v) is 7.04. The maximum atomic E-state index is 13.7. The molecule has 196 valence electrons. The van der Waals surface area contributed by atoms with Crippen LogP contribution in [0.4, 0.5) is 0 Å². The van der Waals surface area contributed by atoms with Crippen LogP contribution in [0.1, 0.15) is 23.5 Å². The highest BCUT2D eigenvalue weighted by molar-refractivity contribution is 6.31. The molecule has 0 amide bonds. The van der Waals surface area contributed by atoms with E-state index in [2.05, 4.69) is 0 Å². The first-order valence-electron chi connectivity index (χ1n) is 11.8. The van der Waals surface area contributed by atoms with E-state index in [-0.39, 0.29) is 45.2 Å². The Morgan fingerprint density at radius 3 is 2.49 bits per heavy atom. The van der Waals surface area contributed by atoms with Crippen molar-refractivity contribution in [2.45, 2.75) is 12.3 Å². The standard InChI is InChI=1S/C29H19ClO9/c1-35-21-5-3-13(7-22(21)36-2)17-11-38-29-25-15(9-24(32)39-23(25)10-19(31)26(29)28(17)34)18-12-37-20-6-4-14(30)8-16(20)27(18)33/h3-8,10-12,15,31H,9H2,1-2H3. The summed E-state index contributed by atoms with van der Waals surface area (Å²) in [5.41, 5.74) is 0.439. The van der Waals surface area contributed by atoms with Crippen molar-refractivity contribution >= 4 is 39.5 Å². The monoisotopic (exact) mass is 546 g/mol. The zero-order chi connectivity index (χ0) is 27.4. The molecule has 1 unspecified atom stereocenters. The maximum absolute atomic E-state index is 13.7. The molecule has 10 heteroatoms. The van der Waals surface area contributed by atoms with Gasteiger partial charge in [0, 0.05) is 28.1 Å². The van der Waals surface area contributed by atoms with E-state index in [1.54, 1.807) is 30.3 Å². The normalized spacial score (nSPS) is 14.7. The summed E-state index contributed by atoms with van der Waals surface area (Å²) >= 11 is 6.10. The molecule has 0 fully saturated rings. The lowest BCUT2D eigenvalue weighted by molar-refractivity contribution is -0.135. The molecule has 0 spiro atoms. The summed E-state index contributed by atoms with van der Waals surface area (Å²) in [5.74, 6) is -1.08. The second kappa shape index (κ2) is 9.21. The van der Waals surface area contributed by atoms with Crippen molar-refractivity contribution in [1.82, 2.24) is 0 Å². The van der Waals surface area contributed by atoms with E-state index in [0.29, 0.717) is 27.7 Å². The van der Waals surface area contributed by atoms with Crippen molar-refractivity contribution in [2.75, 3.05) is 14.2 Å². The van der Waals surface area contributed by atoms with Gasteiger partial charge in [-0.25, -0.2) is 0 Å². The lowest BCUT2D eigenvalue weighted by Gasteiger charge is -2.25. The summed E-state index contributed by atoms with van der Waals surface area (Å²) in [6.07, 6.45) is 2.31. The zero-order valence-corrected chi connectivity index (χ0v) is 21.3. The molecular weight excluding hydrogens is 528 g/mol. The molecule has 0 bridgehead atoms. The molecule has 1 aliphatic heterocycles. The highest BCUT2D eigenvalue weighted by Crippen LogP contribution is 2.45. The van der Waals surface area contributed by atoms with E-state index in [1.165, 1.54) is 38.9 Å². The Morgan fingerprint density at radius 1 is 0.923 bits per heavy atom. The number of carbonyl (C=O) groups excluding carboxylic acids is 1. The Hall–Kier alpha value is -4.76. The number of halogens is 1. The molecule has 3 heterocycles. The Labute approximate surface area is 224 Å². The second-order valence-corrected chi connectivity index (χ2v) is 9.39. The average molecular weight is 547 g/mol. The van der Waals surface area contributed by atoms with Crippen molar-refractivity contribution in [3.8, 4) is 34.1 Å². The number of fused-ring (bicyclic) bond motifs is 4. The van der Waals surface area contributed by atoms with Crippen LogP contribution in [0.15, 0.2) is 73.4 Å². The highest BCUT2D eigenvalue weighted by Gasteiger charge is 2.35. The van der Waals surface area contributed by atoms with Crippen molar-refractivity contribution < 1.29 is 32.9 Å². The SMILES string of the molecule is COc1ccc(-c2coc3c4c(cc(O)c3c2=O)OC(=O)CC4c2coc3ccc(Cl)cc3c2=O)cc1OC. The number of aromatic hydroxyl groups is 1. The summed E-state index contributed by atoms with van der Waals surface area (Å²) < 4.78 is 27.6. The van der Waals surface area contributed by atoms with Crippen LogP contribution < -0.4 is 25.1 Å². The van der Waals surface area contributed by atoms with E-state index in [4.69, 9.17) is 34.6 Å². The van der Waals surface area contributed by atoms with Gasteiger partial charge in [-0.05, 0) is 35.9 Å². The fourth-order valence-electron chi connectivity index (χ4n) is 4.96. The number of hydrogen-bond donors (Lipinski definition) is 1. The molecule has 9 nitrogen and oxygen atoms in total. The first-order chi connectivity index (χ1) is 18.8. The number of carbonyl (C=O) groups is 1. The van der Waals surface area contributed by atoms with Gasteiger partial charge in [0.15, 0.2) is 16.9 Å². The third kappa shape index (κ3) is 3.90. The molecule has 39 heavy (non-hydrogen) atoms. The number of ether oxygens (including phenoxy) is 3. The summed E-state index contributed by atoms with van der Waals surface area (Å²) in [5, 5.41) is 11.3. The molecule has 6 rings (SSSR count). The quantitative estimate of drug-likeness (QED) is 0.233. The predicted molar refractivity (Wildman–Crippen MR) is 142 cm³/mol. The third-order valence-electron chi connectivity index (χ3n) is 6.80. The summed E-state index contributed by atoms with van der Waals surface area (Å²) in [6.45, 7) is 0. The first kappa shape index (κ1) is 24.6. The van der Waals surface area contributed by atoms with E-state index in [0.717, 1.165) is 0 Å². The number of methoxy groups -OCH3 is 2. The number of rotatable bonds is 4. The molecule has 0 aliphatic carbocycles. The first-order valence-corrected chi connectivity index (χ1v) is 12.1. The Morgan fingerprint density at radius 2 is 1.72 bits per heavy atom. The number of phenols is 1. The largest absolute Gasteiger partial charge is 0.507 e. The smallest absolute Gasteiger partial charge is 0.312 e. The zero-order valence-electron chi connectivity index (χ0n) is 20.6. The number of hydrogen-bond acceptors (Lipinski definition) is 9. The van der Waals surface area contributed by atoms with Crippen LogP contribution in [0.5, 0.6) is 23.0 Å². The Bertz CT molecular complexity index is 1940. The lowest BCUT2D eigenvalue weighted by atomic mass is 9.85. The van der Waals surface area contributed by atoms with Crippen molar-refractivity contribution in [2.24, 2.45) is 0 Å². The van der Waals surface area contributed by atoms with Gasteiger partial charge in [-0.2, -0.15) is 0 Å². The Kier molecular flexibility index (Phi) is 5.80. The Balaban J connectivity index is 1.59. The number of esters is 1. The van der Waals surface area contributed by atoms with Gasteiger partial charge in [-0.15, -0.1) is 0 Å². The number of benzene rings is 3. The molecule has 0 radical (unpaired) electrons. The van der Waals surface area contributed by atoms with Crippen molar-refractivity contribution in [3.05, 3.63) is 91.6 Å². The lowest BCUT2D eigenvalue weighted by Crippen LogP contribution is -2.25. The number of phenolic OH excluding ortho intramolecular Hbond substituents is 1. The van der Waals surface area contributed by atoms with Crippen LogP contribution in [-0.2, 0) is 4.79 Å². The van der Waals surface area contributed by atoms with Crippen molar-refractivity contribution in [3.63, 3.8) is 0 Å². The molecular formula is C29H19ClO9. The van der Waals surface area contributed by atoms with Gasteiger partial charge in [0.1, 0.15) is 34.3 Å². The van der Waals surface area contributed by atoms with Crippen LogP contribution in [0.25, 0.3) is 33.1 Å². The minimum absolute atomic E-state index is 0.0117. The van der Waals surface area contributed by atoms with Gasteiger partial charge < -0.3 is 28.2 Å². The van der Waals surface area contributed by atoms with Gasteiger partial charge in [-0.1, -0.05) is 17.7 Å². The summed E-state index contributed by atoms with van der Waals surface area (Å²) in [7, 11) is 2.97. The molecule has 0 saturated heterocycles. The van der Waals surface area contributed by atoms with E-state index in [1.807, 2.05) is 0 Å². The summed E-state index contributed by atoms with van der Waals surface area (Å²) in [4.78, 5) is 39.7. The van der Waals surface area contributed by atoms with Gasteiger partial charge in [0.25, 0.3) is 0 Å². The van der Waals surface area contributed by atoms with Crippen LogP contribution in [0.2, 0.25) is 5.02 Å². The van der Waals surface area contributed by atoms with Crippen LogP contribution in [-0.4, -0.2) is 25.3 Å². The maximum Gasteiger partial charge on any atom is 0.312 e. The van der Waals surface area contributed by atoms with Gasteiger partial charge >= 0.3 is 5.97 Å². The molecule has 1 N–H and O–H groups in total. The minimum atomic E-state index is -0.876. The average Bonchev–Trinajstić information content (AvgIpc) is 2.92. The second-order valence-electron chi connectivity index (χ2n) is 8.95. The van der Waals surface area contributed by atoms with Crippen LogP contribution in [0, 0.1) is 0 Å². The highest BCUT2D eigenvalue weighted by atomic mass is 35.5. The molecule has 2 aromatic heterocycles. The van der Waals surface area contributed by atoms with Crippen LogP contribution >= 0.6 is 11.6 Å². The van der Waals surface area contributed by atoms with Gasteiger partial charge in [-0.3, -0.25) is 14.4 Å². The van der Waals surface area contributed by atoms with Gasteiger partial charge in [0.05, 0.1) is 37.9 Å². The molecule has 1 atom stereocenters. The van der Waals surface area contributed by atoms with Crippen molar-refractivity contribution in [1.29, 1.82) is 0 Å². The topological polar surface area (TPSA) is 125 Å². The minimum Gasteiger partial charge on any atom is -0.507 e.